The second-order valence-corrected chi connectivity index (χ2v) is 8.95. The quantitative estimate of drug-likeness (QED) is 0.400. The third-order valence-electron chi connectivity index (χ3n) is 5.08. The Kier molecular flexibility index (Phi) is 7.58. The molecule has 0 aliphatic carbocycles. The van der Waals surface area contributed by atoms with E-state index in [0.29, 0.717) is 11.0 Å². The fraction of sp³-hybridized carbons (Fsp3) is 0.304. The van der Waals surface area contributed by atoms with Gasteiger partial charge in [0.2, 0.25) is 5.91 Å². The molecule has 0 saturated carbocycles. The van der Waals surface area contributed by atoms with E-state index < -0.39 is 0 Å². The van der Waals surface area contributed by atoms with Gasteiger partial charge in [-0.2, -0.15) is 0 Å². The first-order valence-electron chi connectivity index (χ1n) is 9.80. The summed E-state index contributed by atoms with van der Waals surface area (Å²) in [5.74, 6) is 0.475. The second kappa shape index (κ2) is 10.1. The summed E-state index contributed by atoms with van der Waals surface area (Å²) in [5.41, 5.74) is 4.42. The zero-order valence-corrected chi connectivity index (χ0v) is 19.3. The van der Waals surface area contributed by atoms with Crippen molar-refractivity contribution in [2.45, 2.75) is 39.2 Å². The van der Waals surface area contributed by atoms with E-state index in [9.17, 15) is 4.79 Å². The predicted molar refractivity (Wildman–Crippen MR) is 125 cm³/mol. The van der Waals surface area contributed by atoms with Crippen LogP contribution in [-0.2, 0) is 4.79 Å². The van der Waals surface area contributed by atoms with Gasteiger partial charge in [0, 0.05) is 21.5 Å². The first kappa shape index (κ1) is 21.7. The molecule has 0 radical (unpaired) electrons. The number of carbonyl (C=O) groups is 1. The fourth-order valence-corrected chi connectivity index (χ4v) is 3.96. The number of nitrogens with one attached hydrogen (secondary N) is 2. The Bertz CT molecular complexity index is 938. The molecule has 1 heterocycles. The molecular weight excluding hydrogens is 446 g/mol. The minimum atomic E-state index is -0.0928. The van der Waals surface area contributed by atoms with Gasteiger partial charge in [-0.15, -0.1) is 11.3 Å². The lowest BCUT2D eigenvalue weighted by atomic mass is 9.96. The Morgan fingerprint density at radius 2 is 1.72 bits per heavy atom. The smallest absolute Gasteiger partial charge is 0.240 e. The molecule has 3 aromatic rings. The van der Waals surface area contributed by atoms with Gasteiger partial charge in [-0.1, -0.05) is 66.2 Å². The molecule has 2 aromatic carbocycles. The van der Waals surface area contributed by atoms with Crippen molar-refractivity contribution in [3.05, 3.63) is 69.5 Å². The maximum Gasteiger partial charge on any atom is 0.240 e. The molecule has 0 bridgehead atoms. The van der Waals surface area contributed by atoms with Crippen LogP contribution >= 0.6 is 27.3 Å². The Morgan fingerprint density at radius 3 is 2.38 bits per heavy atom. The zero-order valence-electron chi connectivity index (χ0n) is 16.9. The molecule has 0 aliphatic heterocycles. The normalized spacial score (nSPS) is 13.1. The van der Waals surface area contributed by atoms with Crippen LogP contribution in [0.4, 0.5) is 5.13 Å². The average Bonchev–Trinajstić information content (AvgIpc) is 3.20. The van der Waals surface area contributed by atoms with E-state index in [1.807, 2.05) is 29.6 Å². The summed E-state index contributed by atoms with van der Waals surface area (Å²) in [6.07, 6.45) is 1.13. The summed E-state index contributed by atoms with van der Waals surface area (Å²) < 4.78 is 1.03. The van der Waals surface area contributed by atoms with Crippen LogP contribution in [0.15, 0.2) is 58.4 Å². The molecule has 3 rings (SSSR count). The minimum absolute atomic E-state index is 0.0928. The number of amides is 1. The van der Waals surface area contributed by atoms with Crippen molar-refractivity contribution in [2.75, 3.05) is 11.9 Å². The average molecular weight is 472 g/mol. The third kappa shape index (κ3) is 5.98. The Balaban J connectivity index is 1.51. The highest BCUT2D eigenvalue weighted by atomic mass is 79.9. The summed E-state index contributed by atoms with van der Waals surface area (Å²) >= 11 is 4.86. The lowest BCUT2D eigenvalue weighted by Crippen LogP contribution is -2.30. The van der Waals surface area contributed by atoms with E-state index in [1.54, 1.807) is 0 Å². The van der Waals surface area contributed by atoms with Crippen molar-refractivity contribution in [3.63, 3.8) is 0 Å². The summed E-state index contributed by atoms with van der Waals surface area (Å²) in [4.78, 5) is 16.8. The minimum Gasteiger partial charge on any atom is -0.302 e. The number of benzene rings is 2. The third-order valence-corrected chi connectivity index (χ3v) is 6.36. The predicted octanol–water partition coefficient (Wildman–Crippen LogP) is 6.38. The molecule has 2 N–H and O–H groups in total. The maximum absolute atomic E-state index is 12.3. The summed E-state index contributed by atoms with van der Waals surface area (Å²) in [5, 5.41) is 8.73. The van der Waals surface area contributed by atoms with E-state index in [2.05, 4.69) is 76.6 Å². The number of hydrogen-bond acceptors (Lipinski definition) is 4. The van der Waals surface area contributed by atoms with Crippen LogP contribution in [0.5, 0.6) is 0 Å². The van der Waals surface area contributed by atoms with Gasteiger partial charge >= 0.3 is 0 Å². The van der Waals surface area contributed by atoms with Gasteiger partial charge in [0.05, 0.1) is 12.2 Å². The summed E-state index contributed by atoms with van der Waals surface area (Å²) in [7, 11) is 0. The van der Waals surface area contributed by atoms with Crippen LogP contribution < -0.4 is 10.6 Å². The lowest BCUT2D eigenvalue weighted by Gasteiger charge is -2.15. The molecule has 0 aliphatic rings. The molecule has 6 heteroatoms. The van der Waals surface area contributed by atoms with Crippen molar-refractivity contribution in [2.24, 2.45) is 0 Å². The first-order chi connectivity index (χ1) is 14.0. The van der Waals surface area contributed by atoms with Crippen molar-refractivity contribution in [1.29, 1.82) is 0 Å². The van der Waals surface area contributed by atoms with Gasteiger partial charge in [0.15, 0.2) is 5.13 Å². The number of hydrogen-bond donors (Lipinski definition) is 2. The molecule has 0 unspecified atom stereocenters. The van der Waals surface area contributed by atoms with Crippen LogP contribution in [-0.4, -0.2) is 17.4 Å². The zero-order chi connectivity index (χ0) is 20.8. The molecule has 152 valence electrons. The molecule has 29 heavy (non-hydrogen) atoms. The molecule has 2 atom stereocenters. The molecule has 0 spiro atoms. The van der Waals surface area contributed by atoms with Crippen molar-refractivity contribution >= 4 is 38.3 Å². The highest BCUT2D eigenvalue weighted by Gasteiger charge is 2.11. The highest BCUT2D eigenvalue weighted by molar-refractivity contribution is 9.10. The molecule has 1 amide bonds. The van der Waals surface area contributed by atoms with Gasteiger partial charge in [0.25, 0.3) is 0 Å². The molecule has 0 saturated heterocycles. The largest absolute Gasteiger partial charge is 0.302 e. The van der Waals surface area contributed by atoms with Crippen LogP contribution in [0.2, 0.25) is 0 Å². The maximum atomic E-state index is 12.3. The lowest BCUT2D eigenvalue weighted by molar-refractivity contribution is -0.115. The highest BCUT2D eigenvalue weighted by Crippen LogP contribution is 2.26. The van der Waals surface area contributed by atoms with Crippen molar-refractivity contribution < 1.29 is 4.79 Å². The van der Waals surface area contributed by atoms with E-state index in [4.69, 9.17) is 0 Å². The topological polar surface area (TPSA) is 54.0 Å². The summed E-state index contributed by atoms with van der Waals surface area (Å²) in [6.45, 7) is 6.75. The number of thiazole rings is 1. The Hall–Kier alpha value is -2.02. The van der Waals surface area contributed by atoms with Crippen molar-refractivity contribution in [1.82, 2.24) is 10.3 Å². The van der Waals surface area contributed by atoms with Gasteiger partial charge in [0.1, 0.15) is 0 Å². The van der Waals surface area contributed by atoms with E-state index in [0.717, 1.165) is 22.2 Å². The van der Waals surface area contributed by atoms with E-state index in [-0.39, 0.29) is 18.5 Å². The Morgan fingerprint density at radius 1 is 1.07 bits per heavy atom. The van der Waals surface area contributed by atoms with Crippen LogP contribution in [0.3, 0.4) is 0 Å². The van der Waals surface area contributed by atoms with Crippen LogP contribution in [0.25, 0.3) is 11.3 Å². The number of rotatable bonds is 8. The SMILES string of the molecule is CC[C@@H](C)c1ccc([C@H](C)NCC(=O)Nc2nc(-c3ccc(Br)cc3)cs2)cc1. The van der Waals surface area contributed by atoms with E-state index in [1.165, 1.54) is 22.5 Å². The molecule has 1 aromatic heterocycles. The Labute approximate surface area is 184 Å². The fourth-order valence-electron chi connectivity index (χ4n) is 2.96. The number of carbonyl (C=O) groups excluding carboxylic acids is 1. The standard InChI is InChI=1S/C23H26BrN3OS/c1-4-15(2)17-5-7-18(8-6-17)16(3)25-13-22(28)27-23-26-21(14-29-23)19-9-11-20(24)12-10-19/h5-12,14-16,25H,4,13H2,1-3H3,(H,26,27,28)/t15-,16+/m1/s1. The number of anilines is 1. The van der Waals surface area contributed by atoms with Crippen LogP contribution in [0, 0.1) is 0 Å². The van der Waals surface area contributed by atoms with Crippen LogP contribution in [0.1, 0.15) is 50.3 Å². The number of aromatic nitrogens is 1. The van der Waals surface area contributed by atoms with Crippen molar-refractivity contribution in [3.8, 4) is 11.3 Å². The second-order valence-electron chi connectivity index (χ2n) is 7.17. The summed E-state index contributed by atoms with van der Waals surface area (Å²) in [6, 6.07) is 16.7. The van der Waals surface area contributed by atoms with Gasteiger partial charge < -0.3 is 10.6 Å². The first-order valence-corrected chi connectivity index (χ1v) is 11.5. The van der Waals surface area contributed by atoms with E-state index >= 15 is 0 Å². The van der Waals surface area contributed by atoms with Gasteiger partial charge in [-0.25, -0.2) is 4.98 Å². The number of halogens is 1. The molecular formula is C23H26BrN3OS. The van der Waals surface area contributed by atoms with Gasteiger partial charge in [-0.05, 0) is 42.5 Å². The molecule has 0 fully saturated rings. The van der Waals surface area contributed by atoms with Gasteiger partial charge in [-0.3, -0.25) is 4.79 Å². The molecule has 4 nitrogen and oxygen atoms in total. The number of nitrogens with zero attached hydrogens (tertiary/aromatic N) is 1. The monoisotopic (exact) mass is 471 g/mol.